The van der Waals surface area contributed by atoms with Gasteiger partial charge in [-0.2, -0.15) is 0 Å². The fraction of sp³-hybridized carbons (Fsp3) is 0.0750. The van der Waals surface area contributed by atoms with Crippen LogP contribution in [0, 0.1) is 0 Å². The lowest BCUT2D eigenvalue weighted by Gasteiger charge is -2.23. The van der Waals surface area contributed by atoms with Crippen LogP contribution in [0.25, 0.3) is 77.7 Å². The van der Waals surface area contributed by atoms with Gasteiger partial charge in [0.05, 0.1) is 27.8 Å². The number of hydrogen-bond acceptors (Lipinski definition) is 3. The summed E-state index contributed by atoms with van der Waals surface area (Å²) in [5, 5.41) is 3.39. The number of imidazole rings is 1. The summed E-state index contributed by atoms with van der Waals surface area (Å²) in [7, 11) is 0. The zero-order valence-corrected chi connectivity index (χ0v) is 24.9. The van der Waals surface area contributed by atoms with E-state index in [0.29, 0.717) is 5.95 Å². The van der Waals surface area contributed by atoms with Crippen molar-refractivity contribution >= 4 is 49.4 Å². The number of para-hydroxylation sites is 4. The van der Waals surface area contributed by atoms with E-state index < -0.39 is 0 Å². The van der Waals surface area contributed by atoms with Crippen LogP contribution in [0.3, 0.4) is 0 Å². The molecule has 0 saturated carbocycles. The van der Waals surface area contributed by atoms with Crippen molar-refractivity contribution in [2.24, 2.45) is 0 Å². The van der Waals surface area contributed by atoms with E-state index in [4.69, 9.17) is 15.0 Å². The smallest absolute Gasteiger partial charge is 0.235 e. The predicted octanol–water partition coefficient (Wildman–Crippen LogP) is 9.50. The lowest BCUT2D eigenvalue weighted by molar-refractivity contribution is 0.631. The standard InChI is InChI=1S/C40H27N5/c1-40(2)28-19-9-6-16-25(28)34-33-27-18-8-12-22-31(27)44(36(33)38-41-30-21-11-13-23-32(30)45(38)37(34)40)39-42-29-20-10-7-17-26(29)35(43-39)24-14-4-3-5-15-24/h3-23H,1-2H3. The normalized spacial score (nSPS) is 13.7. The van der Waals surface area contributed by atoms with Gasteiger partial charge < -0.3 is 0 Å². The highest BCUT2D eigenvalue weighted by molar-refractivity contribution is 6.21. The van der Waals surface area contributed by atoms with Crippen LogP contribution in [0.15, 0.2) is 127 Å². The molecule has 10 rings (SSSR count). The molecule has 0 fully saturated rings. The van der Waals surface area contributed by atoms with Gasteiger partial charge in [-0.25, -0.2) is 15.0 Å². The van der Waals surface area contributed by atoms with E-state index in [0.717, 1.165) is 49.9 Å². The Bertz CT molecular complexity index is 2680. The number of hydrogen-bond donors (Lipinski definition) is 0. The third-order valence-corrected chi connectivity index (χ3v) is 9.66. The van der Waals surface area contributed by atoms with E-state index in [2.05, 4.69) is 138 Å². The van der Waals surface area contributed by atoms with Gasteiger partial charge in [0.1, 0.15) is 5.52 Å². The number of fused-ring (bicyclic) bond motifs is 13. The third kappa shape index (κ3) is 3.14. The first-order chi connectivity index (χ1) is 22.1. The number of nitrogens with zero attached hydrogens (tertiary/aromatic N) is 5. The Morgan fingerprint density at radius 3 is 2.09 bits per heavy atom. The van der Waals surface area contributed by atoms with Crippen LogP contribution < -0.4 is 0 Å². The molecule has 5 heteroatoms. The molecule has 0 spiro atoms. The van der Waals surface area contributed by atoms with Gasteiger partial charge in [-0.15, -0.1) is 0 Å². The van der Waals surface area contributed by atoms with E-state index in [9.17, 15) is 0 Å². The van der Waals surface area contributed by atoms with E-state index in [1.54, 1.807) is 0 Å². The second kappa shape index (κ2) is 8.64. The molecule has 1 aliphatic rings. The van der Waals surface area contributed by atoms with Crippen LogP contribution in [-0.4, -0.2) is 23.9 Å². The Morgan fingerprint density at radius 1 is 0.578 bits per heavy atom. The lowest BCUT2D eigenvalue weighted by Crippen LogP contribution is -2.19. The molecule has 0 saturated heterocycles. The highest BCUT2D eigenvalue weighted by atomic mass is 15.2. The maximum Gasteiger partial charge on any atom is 0.235 e. The summed E-state index contributed by atoms with van der Waals surface area (Å²) in [5.74, 6) is 0.637. The first-order valence-corrected chi connectivity index (χ1v) is 15.4. The lowest BCUT2D eigenvalue weighted by atomic mass is 9.85. The summed E-state index contributed by atoms with van der Waals surface area (Å²) in [6.45, 7) is 4.69. The Labute approximate surface area is 259 Å². The zero-order valence-electron chi connectivity index (χ0n) is 24.9. The van der Waals surface area contributed by atoms with Crippen molar-refractivity contribution in [3.8, 4) is 28.3 Å². The molecule has 0 bridgehead atoms. The molecule has 45 heavy (non-hydrogen) atoms. The van der Waals surface area contributed by atoms with Gasteiger partial charge in [0.2, 0.25) is 5.95 Å². The monoisotopic (exact) mass is 577 g/mol. The third-order valence-electron chi connectivity index (χ3n) is 9.66. The summed E-state index contributed by atoms with van der Waals surface area (Å²) >= 11 is 0. The summed E-state index contributed by atoms with van der Waals surface area (Å²) in [6.07, 6.45) is 0. The number of rotatable bonds is 2. The van der Waals surface area contributed by atoms with Crippen LogP contribution >= 0.6 is 0 Å². The minimum absolute atomic E-state index is 0.231. The highest BCUT2D eigenvalue weighted by Gasteiger charge is 2.41. The van der Waals surface area contributed by atoms with Crippen molar-refractivity contribution in [1.29, 1.82) is 0 Å². The van der Waals surface area contributed by atoms with Gasteiger partial charge in [0, 0.05) is 38.4 Å². The number of aromatic nitrogens is 5. The number of pyridine rings is 1. The minimum Gasteiger partial charge on any atom is -0.293 e. The fourth-order valence-corrected chi connectivity index (χ4v) is 7.76. The van der Waals surface area contributed by atoms with Gasteiger partial charge in [-0.05, 0) is 35.4 Å². The van der Waals surface area contributed by atoms with Crippen LogP contribution in [0.2, 0.25) is 0 Å². The first-order valence-electron chi connectivity index (χ1n) is 15.4. The second-order valence-electron chi connectivity index (χ2n) is 12.5. The quantitative estimate of drug-likeness (QED) is 0.206. The van der Waals surface area contributed by atoms with Crippen LogP contribution in [0.5, 0.6) is 0 Å². The van der Waals surface area contributed by atoms with Crippen molar-refractivity contribution in [3.05, 3.63) is 139 Å². The molecule has 4 aromatic heterocycles. The molecule has 5 nitrogen and oxygen atoms in total. The van der Waals surface area contributed by atoms with Crippen LogP contribution in [0.4, 0.5) is 0 Å². The van der Waals surface area contributed by atoms with Crippen LogP contribution in [-0.2, 0) is 5.41 Å². The molecule has 1 aliphatic carbocycles. The molecule has 212 valence electrons. The van der Waals surface area contributed by atoms with Crippen molar-refractivity contribution in [3.63, 3.8) is 0 Å². The molecule has 0 radical (unpaired) electrons. The Kier molecular flexibility index (Phi) is 4.73. The number of benzene rings is 5. The minimum atomic E-state index is -0.231. The summed E-state index contributed by atoms with van der Waals surface area (Å²) in [5.41, 5.74) is 12.9. The molecular weight excluding hydrogens is 550 g/mol. The van der Waals surface area contributed by atoms with Crippen molar-refractivity contribution in [2.45, 2.75) is 19.3 Å². The molecule has 5 aromatic carbocycles. The maximum absolute atomic E-state index is 5.36. The van der Waals surface area contributed by atoms with Crippen LogP contribution in [0.1, 0.15) is 25.1 Å². The van der Waals surface area contributed by atoms with Crippen molar-refractivity contribution < 1.29 is 0 Å². The van der Waals surface area contributed by atoms with Gasteiger partial charge in [-0.1, -0.05) is 117 Å². The predicted molar refractivity (Wildman–Crippen MR) is 183 cm³/mol. The Balaban J connectivity index is 1.47. The molecule has 0 atom stereocenters. The molecule has 0 aliphatic heterocycles. The highest BCUT2D eigenvalue weighted by Crippen LogP contribution is 2.54. The molecular formula is C40H27N5. The van der Waals surface area contributed by atoms with Crippen molar-refractivity contribution in [2.75, 3.05) is 0 Å². The SMILES string of the molecule is CC1(C)c2ccccc2-c2c1n1c3ccccc3nc1c1c2c2ccccc2n1-c1nc(-c2ccccc2)c2ccccc2n1. The van der Waals surface area contributed by atoms with E-state index in [-0.39, 0.29) is 5.41 Å². The zero-order chi connectivity index (χ0) is 29.9. The topological polar surface area (TPSA) is 48.0 Å². The van der Waals surface area contributed by atoms with Gasteiger partial charge in [-0.3, -0.25) is 8.97 Å². The largest absolute Gasteiger partial charge is 0.293 e. The van der Waals surface area contributed by atoms with E-state index in [1.165, 1.54) is 33.2 Å². The average Bonchev–Trinajstić information content (AvgIpc) is 3.71. The molecule has 0 N–H and O–H groups in total. The average molecular weight is 578 g/mol. The molecule has 0 unspecified atom stereocenters. The molecule has 9 aromatic rings. The molecule has 0 amide bonds. The molecule has 4 heterocycles. The Morgan fingerprint density at radius 2 is 1.24 bits per heavy atom. The first kappa shape index (κ1) is 24.6. The summed E-state index contributed by atoms with van der Waals surface area (Å²) in [6, 6.07) is 44.7. The van der Waals surface area contributed by atoms with Gasteiger partial charge in [0.25, 0.3) is 0 Å². The van der Waals surface area contributed by atoms with Gasteiger partial charge >= 0.3 is 0 Å². The van der Waals surface area contributed by atoms with Crippen molar-refractivity contribution in [1.82, 2.24) is 23.9 Å². The summed E-state index contributed by atoms with van der Waals surface area (Å²) in [4.78, 5) is 16.0. The maximum atomic E-state index is 5.36. The van der Waals surface area contributed by atoms with E-state index in [1.807, 2.05) is 12.1 Å². The fourth-order valence-electron chi connectivity index (χ4n) is 7.76. The second-order valence-corrected chi connectivity index (χ2v) is 12.5. The van der Waals surface area contributed by atoms with E-state index >= 15 is 0 Å². The Hall–Kier alpha value is -5.81. The summed E-state index contributed by atoms with van der Waals surface area (Å²) < 4.78 is 4.65. The van der Waals surface area contributed by atoms with Gasteiger partial charge in [0.15, 0.2) is 5.65 Å².